The molecule has 163 valence electrons. The molecule has 0 fully saturated rings. The van der Waals surface area contributed by atoms with Crippen LogP contribution < -0.4 is 19.6 Å². The average Bonchev–Trinajstić information content (AvgIpc) is 2.77. The normalized spacial score (nSPS) is 11.9. The molecule has 0 bridgehead atoms. The van der Waals surface area contributed by atoms with Crippen molar-refractivity contribution >= 4 is 36.0 Å². The van der Waals surface area contributed by atoms with Crippen LogP contribution in [-0.2, 0) is 0 Å². The number of anilines is 2. The molecule has 0 unspecified atom stereocenters. The number of nitrogens with zero attached hydrogens (tertiary/aromatic N) is 3. The summed E-state index contributed by atoms with van der Waals surface area (Å²) in [6, 6.07) is 13.9. The minimum absolute atomic E-state index is 0.309. The van der Waals surface area contributed by atoms with Gasteiger partial charge in [0.2, 0.25) is 0 Å². The summed E-state index contributed by atoms with van der Waals surface area (Å²) in [4.78, 5) is 10.1. The molecule has 3 rings (SSSR count). The second-order valence-electron chi connectivity index (χ2n) is 8.20. The van der Waals surface area contributed by atoms with Crippen LogP contribution in [0.1, 0.15) is 66.2 Å². The third kappa shape index (κ3) is 5.74. The van der Waals surface area contributed by atoms with Gasteiger partial charge in [-0.15, -0.1) is 0 Å². The molecule has 1 radical (unpaired) electrons. The van der Waals surface area contributed by atoms with Crippen LogP contribution in [0.15, 0.2) is 41.4 Å². The van der Waals surface area contributed by atoms with E-state index in [-0.39, 0.29) is 0 Å². The standard InChI is InChI=1S/C26H38N3Se/c1-5-9-17-29(18-10-6-2)22-12-14-24-26(20-22)30-25-19-21(11-13-23(25)27-24)28(15-7-3)16-8-4/h11-14,19-20H,5-10,15-18H2,1-4H3. The van der Waals surface area contributed by atoms with Gasteiger partial charge in [0.25, 0.3) is 0 Å². The van der Waals surface area contributed by atoms with Gasteiger partial charge in [0, 0.05) is 0 Å². The van der Waals surface area contributed by atoms with E-state index in [9.17, 15) is 0 Å². The molecule has 0 aromatic heterocycles. The van der Waals surface area contributed by atoms with Crippen molar-refractivity contribution < 1.29 is 0 Å². The van der Waals surface area contributed by atoms with E-state index >= 15 is 0 Å². The summed E-state index contributed by atoms with van der Waals surface area (Å²) in [5.41, 5.74) is 3.91. The first-order valence-corrected chi connectivity index (χ1v) is 13.6. The van der Waals surface area contributed by atoms with Gasteiger partial charge >= 0.3 is 189 Å². The Hall–Kier alpha value is -1.64. The monoisotopic (exact) mass is 472 g/mol. The molecule has 1 aliphatic rings. The van der Waals surface area contributed by atoms with Gasteiger partial charge in [-0.2, -0.15) is 0 Å². The Labute approximate surface area is 188 Å². The average molecular weight is 472 g/mol. The van der Waals surface area contributed by atoms with Gasteiger partial charge in [-0.05, 0) is 0 Å². The van der Waals surface area contributed by atoms with Gasteiger partial charge in [-0.1, -0.05) is 0 Å². The van der Waals surface area contributed by atoms with E-state index in [4.69, 9.17) is 4.99 Å². The summed E-state index contributed by atoms with van der Waals surface area (Å²) in [6.07, 6.45) is 7.37. The number of rotatable bonds is 12. The molecule has 0 atom stereocenters. The number of unbranched alkanes of at least 4 members (excludes halogenated alkanes) is 2. The third-order valence-corrected chi connectivity index (χ3v) is 7.92. The van der Waals surface area contributed by atoms with Crippen molar-refractivity contribution in [3.8, 4) is 0 Å². The van der Waals surface area contributed by atoms with Crippen molar-refractivity contribution in [1.29, 1.82) is 0 Å². The molecule has 0 saturated carbocycles. The Morgan fingerprint density at radius 2 is 1.30 bits per heavy atom. The van der Waals surface area contributed by atoms with Crippen molar-refractivity contribution in [2.45, 2.75) is 66.2 Å². The van der Waals surface area contributed by atoms with Crippen LogP contribution in [0.25, 0.3) is 0 Å². The zero-order valence-corrected chi connectivity index (χ0v) is 21.0. The Morgan fingerprint density at radius 3 is 1.93 bits per heavy atom. The number of hydrogen-bond acceptors (Lipinski definition) is 3. The van der Waals surface area contributed by atoms with Crippen LogP contribution in [0.5, 0.6) is 0 Å². The third-order valence-electron chi connectivity index (χ3n) is 5.63. The molecule has 30 heavy (non-hydrogen) atoms. The number of hydrogen-bond donors (Lipinski definition) is 0. The van der Waals surface area contributed by atoms with Crippen molar-refractivity contribution in [3.05, 3.63) is 45.8 Å². The molecule has 2 aromatic carbocycles. The Morgan fingerprint density at radius 1 is 0.700 bits per heavy atom. The molecule has 0 saturated heterocycles. The van der Waals surface area contributed by atoms with E-state index in [0.717, 1.165) is 26.2 Å². The van der Waals surface area contributed by atoms with E-state index in [0.29, 0.717) is 14.5 Å². The molecule has 1 aliphatic heterocycles. The van der Waals surface area contributed by atoms with Crippen LogP contribution >= 0.6 is 0 Å². The second-order valence-corrected chi connectivity index (χ2v) is 10.5. The molecule has 3 nitrogen and oxygen atoms in total. The summed E-state index contributed by atoms with van der Waals surface area (Å²) >= 11 is 0.309. The Bertz CT molecular complexity index is 924. The summed E-state index contributed by atoms with van der Waals surface area (Å²) in [6.45, 7) is 13.7. The van der Waals surface area contributed by atoms with E-state index < -0.39 is 0 Å². The quantitative estimate of drug-likeness (QED) is 0.336. The Kier molecular flexibility index (Phi) is 8.96. The fraction of sp³-hybridized carbons (Fsp3) is 0.538. The second kappa shape index (κ2) is 11.7. The van der Waals surface area contributed by atoms with Gasteiger partial charge in [-0.25, -0.2) is 0 Å². The number of benzene rings is 2. The van der Waals surface area contributed by atoms with Crippen LogP contribution in [-0.4, -0.2) is 40.7 Å². The molecular formula is C26H38N3Se. The van der Waals surface area contributed by atoms with Crippen LogP contribution in [0.4, 0.5) is 17.1 Å². The zero-order valence-electron chi connectivity index (χ0n) is 19.3. The van der Waals surface area contributed by atoms with E-state index in [1.165, 1.54) is 69.5 Å². The molecule has 0 aliphatic carbocycles. The predicted octanol–water partition coefficient (Wildman–Crippen LogP) is 5.26. The van der Waals surface area contributed by atoms with Crippen molar-refractivity contribution in [3.63, 3.8) is 0 Å². The summed E-state index contributed by atoms with van der Waals surface area (Å²) in [5, 5.41) is 1.17. The summed E-state index contributed by atoms with van der Waals surface area (Å²) < 4.78 is 2.86. The fourth-order valence-corrected chi connectivity index (χ4v) is 6.14. The predicted molar refractivity (Wildman–Crippen MR) is 133 cm³/mol. The molecule has 2 aromatic rings. The summed E-state index contributed by atoms with van der Waals surface area (Å²) in [5.74, 6) is 0. The first-order chi connectivity index (χ1) is 14.7. The zero-order chi connectivity index (χ0) is 21.3. The van der Waals surface area contributed by atoms with Crippen molar-refractivity contribution in [2.75, 3.05) is 36.0 Å². The van der Waals surface area contributed by atoms with Gasteiger partial charge in [-0.3, -0.25) is 0 Å². The van der Waals surface area contributed by atoms with E-state index in [1.807, 2.05) is 0 Å². The van der Waals surface area contributed by atoms with Crippen LogP contribution in [0.3, 0.4) is 0 Å². The first kappa shape index (κ1) is 23.0. The topological polar surface area (TPSA) is 18.8 Å². The van der Waals surface area contributed by atoms with Gasteiger partial charge in [0.05, 0.1) is 0 Å². The molecule has 0 N–H and O–H groups in total. The summed E-state index contributed by atoms with van der Waals surface area (Å²) in [7, 11) is 0. The Balaban J connectivity index is 1.93. The maximum absolute atomic E-state index is 5.00. The van der Waals surface area contributed by atoms with Crippen molar-refractivity contribution in [1.82, 2.24) is 0 Å². The molecule has 0 amide bonds. The minimum atomic E-state index is 0.309. The van der Waals surface area contributed by atoms with E-state index in [1.54, 1.807) is 0 Å². The first-order valence-electron chi connectivity index (χ1n) is 11.9. The van der Waals surface area contributed by atoms with Gasteiger partial charge in [0.15, 0.2) is 0 Å². The molecule has 4 heteroatoms. The van der Waals surface area contributed by atoms with Crippen LogP contribution in [0.2, 0.25) is 0 Å². The van der Waals surface area contributed by atoms with Crippen molar-refractivity contribution in [2.24, 2.45) is 4.99 Å². The molecule has 0 spiro atoms. The van der Waals surface area contributed by atoms with Gasteiger partial charge < -0.3 is 0 Å². The maximum atomic E-state index is 5.00. The molecular weight excluding hydrogens is 433 g/mol. The molecule has 1 heterocycles. The SMILES string of the molecule is CCCCN(CCCC)c1ccc2c(c1)=[Se]c1cc(N(CCC)CCC)ccc1N=2. The van der Waals surface area contributed by atoms with Crippen LogP contribution in [0, 0.1) is 4.06 Å². The fourth-order valence-electron chi connectivity index (χ4n) is 3.97. The number of fused-ring (bicyclic) bond motifs is 2. The van der Waals surface area contributed by atoms with Gasteiger partial charge in [0.1, 0.15) is 0 Å². The van der Waals surface area contributed by atoms with E-state index in [2.05, 4.69) is 73.9 Å².